The Morgan fingerprint density at radius 2 is 0.784 bits per heavy atom. The first-order valence-electron chi connectivity index (χ1n) is 21.3. The minimum atomic E-state index is -1.95. The van der Waals surface area contributed by atoms with Crippen molar-refractivity contribution in [1.29, 1.82) is 0 Å². The van der Waals surface area contributed by atoms with Gasteiger partial charge in [-0.15, -0.1) is 0 Å². The molecule has 2 aliphatic carbocycles. The molecule has 280 valence electrons. The van der Waals surface area contributed by atoms with Gasteiger partial charge in [0.15, 0.2) is 16.5 Å². The third-order valence-corrected chi connectivity index (χ3v) is 27.9. The number of fused-ring (bicyclic) bond motifs is 2. The van der Waals surface area contributed by atoms with Crippen LogP contribution in [-0.4, -0.2) is 24.9 Å². The topological polar surface area (TPSA) is 21.9 Å². The number of hydrogen-bond donors (Lipinski definition) is 1. The highest BCUT2D eigenvalue weighted by atomic mass is 28.3. The number of benzene rings is 2. The molecule has 0 radical (unpaired) electrons. The van der Waals surface area contributed by atoms with Gasteiger partial charge in [-0.3, -0.25) is 0 Å². The van der Waals surface area contributed by atoms with E-state index in [-0.39, 0.29) is 0 Å². The molecule has 0 atom stereocenters. The van der Waals surface area contributed by atoms with E-state index in [2.05, 4.69) is 146 Å². The normalized spacial score (nSPS) is 17.5. The highest BCUT2D eigenvalue weighted by Gasteiger charge is 2.47. The highest BCUT2D eigenvalue weighted by Crippen LogP contribution is 2.49. The van der Waals surface area contributed by atoms with Crippen LogP contribution in [-0.2, 0) is 0 Å². The maximum atomic E-state index is 4.00. The predicted molar refractivity (Wildman–Crippen MR) is 232 cm³/mol. The fourth-order valence-electron chi connectivity index (χ4n) is 12.6. The summed E-state index contributed by atoms with van der Waals surface area (Å²) in [7, 11) is -3.89. The molecule has 2 aromatic carbocycles. The number of nitrogens with zero attached hydrogens (tertiary/aromatic N) is 2. The summed E-state index contributed by atoms with van der Waals surface area (Å²) in [5.41, 5.74) is 12.6. The van der Waals surface area contributed by atoms with Crippen molar-refractivity contribution in [2.75, 3.05) is 5.32 Å². The smallest absolute Gasteiger partial charge is 0.169 e. The van der Waals surface area contributed by atoms with Crippen molar-refractivity contribution >= 4 is 49.7 Å². The molecule has 6 rings (SSSR count). The number of aromatic nitrogens is 2. The zero-order chi connectivity index (χ0) is 36.8. The largest absolute Gasteiger partial charge is 0.373 e. The van der Waals surface area contributed by atoms with E-state index < -0.39 is 16.5 Å². The minimum Gasteiger partial charge on any atom is -0.373 e. The quantitative estimate of drug-likeness (QED) is 0.144. The second kappa shape index (κ2) is 15.2. The fourth-order valence-corrected chi connectivity index (χ4v) is 25.9. The molecule has 3 nitrogen and oxygen atoms in total. The molecule has 2 aromatic heterocycles. The van der Waals surface area contributed by atoms with E-state index in [9.17, 15) is 0 Å². The molecule has 2 fully saturated rings. The van der Waals surface area contributed by atoms with Crippen molar-refractivity contribution in [2.45, 2.75) is 192 Å². The third kappa shape index (κ3) is 6.53. The second-order valence-corrected chi connectivity index (χ2v) is 30.3. The van der Waals surface area contributed by atoms with Crippen LogP contribution < -0.4 is 5.32 Å². The van der Waals surface area contributed by atoms with Gasteiger partial charge >= 0.3 is 0 Å². The molecule has 2 heterocycles. The first kappa shape index (κ1) is 38.5. The summed E-state index contributed by atoms with van der Waals surface area (Å²) in [6, 6.07) is 14.8. The fraction of sp³-hybridized carbons (Fsp3) is 0.652. The van der Waals surface area contributed by atoms with Crippen LogP contribution in [0.5, 0.6) is 0 Å². The SMILES string of the molecule is CC(C)[Si](C(C)C)(C(C)C)n1cc(C2CCCCC2)c2ccc(Nc3ccc4c(C5CCCCC5)cn([Si](C(C)C)(C(C)C)C(C)C)c4c3)cc21. The minimum absolute atomic E-state index is 0.657. The van der Waals surface area contributed by atoms with E-state index in [4.69, 9.17) is 0 Å². The zero-order valence-corrected chi connectivity index (χ0v) is 36.7. The van der Waals surface area contributed by atoms with Crippen LogP contribution in [0, 0.1) is 0 Å². The summed E-state index contributed by atoms with van der Waals surface area (Å²) in [4.78, 5) is 0. The Hall–Kier alpha value is -2.25. The van der Waals surface area contributed by atoms with Crippen molar-refractivity contribution < 1.29 is 0 Å². The lowest BCUT2D eigenvalue weighted by Crippen LogP contribution is -2.51. The van der Waals surface area contributed by atoms with Gasteiger partial charge in [0.2, 0.25) is 0 Å². The summed E-state index contributed by atoms with van der Waals surface area (Å²) >= 11 is 0. The summed E-state index contributed by atoms with van der Waals surface area (Å²) in [5, 5.41) is 7.02. The molecule has 5 heteroatoms. The zero-order valence-electron chi connectivity index (χ0n) is 34.7. The van der Waals surface area contributed by atoms with E-state index in [0.29, 0.717) is 45.1 Å². The van der Waals surface area contributed by atoms with Gasteiger partial charge in [0, 0.05) is 33.2 Å². The monoisotopic (exact) mass is 724 g/mol. The molecule has 2 aliphatic rings. The first-order chi connectivity index (χ1) is 24.3. The Balaban J connectivity index is 1.51. The van der Waals surface area contributed by atoms with Crippen LogP contribution in [0.4, 0.5) is 11.4 Å². The lowest BCUT2D eigenvalue weighted by Gasteiger charge is -2.44. The van der Waals surface area contributed by atoms with Gasteiger partial charge in [-0.05, 0) is 119 Å². The predicted octanol–water partition coefficient (Wildman–Crippen LogP) is 15.5. The summed E-state index contributed by atoms with van der Waals surface area (Å²) < 4.78 is 5.80. The highest BCUT2D eigenvalue weighted by molar-refractivity contribution is 6.83. The van der Waals surface area contributed by atoms with Crippen molar-refractivity contribution in [3.05, 3.63) is 59.9 Å². The molecule has 0 amide bonds. The van der Waals surface area contributed by atoms with Crippen LogP contribution in [0.3, 0.4) is 0 Å². The van der Waals surface area contributed by atoms with E-state index in [1.807, 2.05) is 0 Å². The molecule has 0 bridgehead atoms. The average Bonchev–Trinajstić information content (AvgIpc) is 3.64. The molecule has 0 unspecified atom stereocenters. The lowest BCUT2D eigenvalue weighted by molar-refractivity contribution is 0.445. The van der Waals surface area contributed by atoms with E-state index in [1.165, 1.54) is 97.4 Å². The van der Waals surface area contributed by atoms with Crippen LogP contribution in [0.25, 0.3) is 21.8 Å². The third-order valence-electron chi connectivity index (χ3n) is 14.4. The van der Waals surface area contributed by atoms with Gasteiger partial charge in [0.1, 0.15) is 0 Å². The Kier molecular flexibility index (Phi) is 11.5. The molecule has 1 N–H and O–H groups in total. The summed E-state index contributed by atoms with van der Waals surface area (Å²) in [6.07, 6.45) is 19.0. The standard InChI is InChI=1S/C46H73N3Si2/c1-31(2)50(32(3)4,33(5)6)48-29-43(37-19-15-13-16-20-37)41-25-23-39(27-45(41)48)47-40-24-26-42-44(38-21-17-14-18-22-38)30-49(46(42)28-40)51(34(7)8,35(9)10)36(11)12/h23-38,47H,13-22H2,1-12H3. The van der Waals surface area contributed by atoms with Crippen molar-refractivity contribution in [3.63, 3.8) is 0 Å². The van der Waals surface area contributed by atoms with Crippen LogP contribution in [0.15, 0.2) is 48.8 Å². The Labute approximate surface area is 314 Å². The van der Waals surface area contributed by atoms with Crippen LogP contribution >= 0.6 is 0 Å². The lowest BCUT2D eigenvalue weighted by atomic mass is 9.84. The average molecular weight is 724 g/mol. The van der Waals surface area contributed by atoms with Crippen molar-refractivity contribution in [3.8, 4) is 0 Å². The van der Waals surface area contributed by atoms with E-state index in [0.717, 1.165) is 0 Å². The van der Waals surface area contributed by atoms with Crippen molar-refractivity contribution in [1.82, 2.24) is 8.47 Å². The van der Waals surface area contributed by atoms with Gasteiger partial charge < -0.3 is 13.8 Å². The Morgan fingerprint density at radius 3 is 1.08 bits per heavy atom. The second-order valence-electron chi connectivity index (χ2n) is 18.9. The molecule has 4 aromatic rings. The molecular weight excluding hydrogens is 651 g/mol. The molecule has 0 saturated heterocycles. The Bertz CT molecular complexity index is 1600. The maximum Gasteiger partial charge on any atom is 0.169 e. The molecule has 2 saturated carbocycles. The van der Waals surface area contributed by atoms with Crippen molar-refractivity contribution in [2.24, 2.45) is 0 Å². The van der Waals surface area contributed by atoms with E-state index in [1.54, 1.807) is 11.1 Å². The number of anilines is 2. The van der Waals surface area contributed by atoms with Crippen LogP contribution in [0.2, 0.25) is 33.2 Å². The number of hydrogen-bond acceptors (Lipinski definition) is 1. The molecule has 51 heavy (non-hydrogen) atoms. The first-order valence-corrected chi connectivity index (χ1v) is 25.7. The van der Waals surface area contributed by atoms with E-state index >= 15 is 0 Å². The maximum absolute atomic E-state index is 4.00. The van der Waals surface area contributed by atoms with Gasteiger partial charge in [0.25, 0.3) is 0 Å². The van der Waals surface area contributed by atoms with Gasteiger partial charge in [-0.1, -0.05) is 134 Å². The van der Waals surface area contributed by atoms with Gasteiger partial charge in [-0.2, -0.15) is 0 Å². The molecular formula is C46H73N3Si2. The van der Waals surface area contributed by atoms with Gasteiger partial charge in [0.05, 0.1) is 0 Å². The molecule has 0 aliphatic heterocycles. The van der Waals surface area contributed by atoms with Crippen LogP contribution in [0.1, 0.15) is 170 Å². The summed E-state index contributed by atoms with van der Waals surface area (Å²) in [5.74, 6) is 1.39. The summed E-state index contributed by atoms with van der Waals surface area (Å²) in [6.45, 7) is 30.2. The number of nitrogens with one attached hydrogen (secondary N) is 1. The molecule has 0 spiro atoms. The van der Waals surface area contributed by atoms with Gasteiger partial charge in [-0.25, -0.2) is 0 Å². The Morgan fingerprint density at radius 1 is 0.471 bits per heavy atom. The number of rotatable bonds is 12.